The Balaban J connectivity index is 1.97. The van der Waals surface area contributed by atoms with Gasteiger partial charge in [-0.05, 0) is 49.9 Å². The number of rotatable bonds is 6. The van der Waals surface area contributed by atoms with Crippen LogP contribution >= 0.6 is 0 Å². The van der Waals surface area contributed by atoms with Crippen LogP contribution in [0, 0.1) is 5.92 Å². The Morgan fingerprint density at radius 3 is 2.37 bits per heavy atom. The molecule has 1 saturated carbocycles. The van der Waals surface area contributed by atoms with Crippen LogP contribution < -0.4 is 10.0 Å². The van der Waals surface area contributed by atoms with E-state index >= 15 is 0 Å². The normalized spacial score (nSPS) is 16.7. The SMILES string of the molecule is CCNc1ccc(S(=O)(=O)NCC2CCCC2)cc1. The molecule has 0 saturated heterocycles. The molecule has 5 heteroatoms. The summed E-state index contributed by atoms with van der Waals surface area (Å²) in [4.78, 5) is 0.340. The smallest absolute Gasteiger partial charge is 0.240 e. The standard InChI is InChI=1S/C14H22N2O2S/c1-2-15-13-7-9-14(10-8-13)19(17,18)16-11-12-5-3-4-6-12/h7-10,12,15-16H,2-6,11H2,1H3. The predicted molar refractivity (Wildman–Crippen MR) is 77.8 cm³/mol. The third-order valence-corrected chi connectivity index (χ3v) is 5.02. The fraction of sp³-hybridized carbons (Fsp3) is 0.571. The van der Waals surface area contributed by atoms with Crippen molar-refractivity contribution in [2.75, 3.05) is 18.4 Å². The number of benzene rings is 1. The van der Waals surface area contributed by atoms with Gasteiger partial charge in [0.05, 0.1) is 4.90 Å². The Bertz CT molecular complexity index is 491. The number of hydrogen-bond donors (Lipinski definition) is 2. The van der Waals surface area contributed by atoms with Crippen molar-refractivity contribution >= 4 is 15.7 Å². The van der Waals surface area contributed by atoms with Gasteiger partial charge in [0.1, 0.15) is 0 Å². The average Bonchev–Trinajstić information content (AvgIpc) is 2.91. The van der Waals surface area contributed by atoms with E-state index in [4.69, 9.17) is 0 Å². The quantitative estimate of drug-likeness (QED) is 0.843. The van der Waals surface area contributed by atoms with Crippen molar-refractivity contribution in [3.05, 3.63) is 24.3 Å². The van der Waals surface area contributed by atoms with E-state index in [0.29, 0.717) is 17.4 Å². The first-order valence-corrected chi connectivity index (χ1v) is 8.44. The monoisotopic (exact) mass is 282 g/mol. The van der Waals surface area contributed by atoms with Crippen LogP contribution in [-0.2, 0) is 10.0 Å². The molecular formula is C14H22N2O2S. The first-order chi connectivity index (χ1) is 9.12. The van der Waals surface area contributed by atoms with Crippen molar-refractivity contribution in [2.24, 2.45) is 5.92 Å². The second kappa shape index (κ2) is 6.39. The van der Waals surface area contributed by atoms with Crippen molar-refractivity contribution in [1.29, 1.82) is 0 Å². The Kier molecular flexibility index (Phi) is 4.82. The van der Waals surface area contributed by atoms with Crippen LogP contribution in [0.1, 0.15) is 32.6 Å². The summed E-state index contributed by atoms with van der Waals surface area (Å²) in [5.74, 6) is 0.510. The van der Waals surface area contributed by atoms with Crippen molar-refractivity contribution in [3.63, 3.8) is 0 Å². The minimum Gasteiger partial charge on any atom is -0.385 e. The molecule has 0 aliphatic heterocycles. The highest BCUT2D eigenvalue weighted by atomic mass is 32.2. The first kappa shape index (κ1) is 14.3. The molecule has 0 bridgehead atoms. The lowest BCUT2D eigenvalue weighted by Crippen LogP contribution is -2.28. The minimum absolute atomic E-state index is 0.340. The maximum Gasteiger partial charge on any atom is 0.240 e. The lowest BCUT2D eigenvalue weighted by atomic mass is 10.1. The van der Waals surface area contributed by atoms with Gasteiger partial charge in [0.15, 0.2) is 0 Å². The van der Waals surface area contributed by atoms with Crippen LogP contribution in [0.3, 0.4) is 0 Å². The molecule has 1 fully saturated rings. The topological polar surface area (TPSA) is 58.2 Å². The summed E-state index contributed by atoms with van der Waals surface area (Å²) < 4.78 is 27.0. The van der Waals surface area contributed by atoms with E-state index in [0.717, 1.165) is 25.1 Å². The largest absolute Gasteiger partial charge is 0.385 e. The molecule has 0 unspecified atom stereocenters. The number of hydrogen-bond acceptors (Lipinski definition) is 3. The van der Waals surface area contributed by atoms with Crippen molar-refractivity contribution < 1.29 is 8.42 Å². The Hall–Kier alpha value is -1.07. The third-order valence-electron chi connectivity index (χ3n) is 3.58. The zero-order valence-corrected chi connectivity index (χ0v) is 12.2. The summed E-state index contributed by atoms with van der Waals surface area (Å²) in [6, 6.07) is 6.89. The van der Waals surface area contributed by atoms with Gasteiger partial charge in [0.2, 0.25) is 10.0 Å². The zero-order valence-electron chi connectivity index (χ0n) is 11.4. The van der Waals surface area contributed by atoms with Gasteiger partial charge in [-0.25, -0.2) is 13.1 Å². The Morgan fingerprint density at radius 1 is 1.16 bits per heavy atom. The molecule has 4 nitrogen and oxygen atoms in total. The van der Waals surface area contributed by atoms with Gasteiger partial charge in [-0.15, -0.1) is 0 Å². The molecule has 0 aromatic heterocycles. The lowest BCUT2D eigenvalue weighted by molar-refractivity contribution is 0.519. The van der Waals surface area contributed by atoms with E-state index in [1.807, 2.05) is 6.92 Å². The van der Waals surface area contributed by atoms with Crippen LogP contribution in [-0.4, -0.2) is 21.5 Å². The van der Waals surface area contributed by atoms with Gasteiger partial charge >= 0.3 is 0 Å². The summed E-state index contributed by atoms with van der Waals surface area (Å²) >= 11 is 0. The van der Waals surface area contributed by atoms with Gasteiger partial charge in [-0.3, -0.25) is 0 Å². The summed E-state index contributed by atoms with van der Waals surface area (Å²) in [5, 5.41) is 3.15. The van der Waals surface area contributed by atoms with Gasteiger partial charge in [0.25, 0.3) is 0 Å². The highest BCUT2D eigenvalue weighted by molar-refractivity contribution is 7.89. The van der Waals surface area contributed by atoms with E-state index in [9.17, 15) is 8.42 Å². The van der Waals surface area contributed by atoms with E-state index < -0.39 is 10.0 Å². The van der Waals surface area contributed by atoms with Crippen molar-refractivity contribution in [1.82, 2.24) is 4.72 Å². The summed E-state index contributed by atoms with van der Waals surface area (Å²) in [5.41, 5.74) is 0.942. The van der Waals surface area contributed by atoms with E-state index in [2.05, 4.69) is 10.0 Å². The summed E-state index contributed by atoms with van der Waals surface area (Å²) in [6.45, 7) is 3.40. The van der Waals surface area contributed by atoms with Crippen LogP contribution in [0.4, 0.5) is 5.69 Å². The predicted octanol–water partition coefficient (Wildman–Crippen LogP) is 2.59. The van der Waals surface area contributed by atoms with Crippen molar-refractivity contribution in [3.8, 4) is 0 Å². The number of anilines is 1. The molecule has 19 heavy (non-hydrogen) atoms. The molecule has 0 spiro atoms. The molecule has 2 N–H and O–H groups in total. The second-order valence-electron chi connectivity index (χ2n) is 5.06. The van der Waals surface area contributed by atoms with Gasteiger partial charge in [0, 0.05) is 18.8 Å². The molecule has 2 rings (SSSR count). The maximum absolute atomic E-state index is 12.1. The Morgan fingerprint density at radius 2 is 1.79 bits per heavy atom. The molecule has 0 amide bonds. The zero-order chi connectivity index (χ0) is 13.7. The second-order valence-corrected chi connectivity index (χ2v) is 6.82. The summed E-state index contributed by atoms with van der Waals surface area (Å²) in [6.07, 6.45) is 4.73. The van der Waals surface area contributed by atoms with E-state index in [-0.39, 0.29) is 0 Å². The molecule has 0 heterocycles. The fourth-order valence-electron chi connectivity index (χ4n) is 2.48. The first-order valence-electron chi connectivity index (χ1n) is 6.95. The minimum atomic E-state index is -3.36. The molecular weight excluding hydrogens is 260 g/mol. The highest BCUT2D eigenvalue weighted by Crippen LogP contribution is 2.24. The highest BCUT2D eigenvalue weighted by Gasteiger charge is 2.19. The van der Waals surface area contributed by atoms with Gasteiger partial charge in [-0.2, -0.15) is 0 Å². The van der Waals surface area contributed by atoms with Crippen LogP contribution in [0.25, 0.3) is 0 Å². The average molecular weight is 282 g/mol. The van der Waals surface area contributed by atoms with Gasteiger partial charge in [-0.1, -0.05) is 12.8 Å². The number of sulfonamides is 1. The summed E-state index contributed by atoms with van der Waals surface area (Å²) in [7, 11) is -3.36. The van der Waals surface area contributed by atoms with Crippen LogP contribution in [0.15, 0.2) is 29.2 Å². The molecule has 1 aromatic rings. The van der Waals surface area contributed by atoms with Crippen molar-refractivity contribution in [2.45, 2.75) is 37.5 Å². The number of nitrogens with one attached hydrogen (secondary N) is 2. The van der Waals surface area contributed by atoms with Gasteiger partial charge < -0.3 is 5.32 Å². The third kappa shape index (κ3) is 3.94. The molecule has 0 radical (unpaired) electrons. The van der Waals surface area contributed by atoms with E-state index in [1.165, 1.54) is 12.8 Å². The molecule has 1 aliphatic carbocycles. The molecule has 1 aliphatic rings. The van der Waals surface area contributed by atoms with Crippen LogP contribution in [0.2, 0.25) is 0 Å². The molecule has 0 atom stereocenters. The molecule has 106 valence electrons. The molecule has 1 aromatic carbocycles. The van der Waals surface area contributed by atoms with E-state index in [1.54, 1.807) is 24.3 Å². The maximum atomic E-state index is 12.1. The fourth-order valence-corrected chi connectivity index (χ4v) is 3.60. The Labute approximate surface area is 115 Å². The lowest BCUT2D eigenvalue weighted by Gasteiger charge is -2.11. The van der Waals surface area contributed by atoms with Crippen LogP contribution in [0.5, 0.6) is 0 Å².